The van der Waals surface area contributed by atoms with Gasteiger partial charge in [-0.3, -0.25) is 47.9 Å². The average molecular weight is 1160 g/mol. The number of hydrogen-bond acceptors (Lipinski definition) is 13. The number of amides is 9. The quantitative estimate of drug-likeness (QED) is 0.0394. The van der Waals surface area contributed by atoms with E-state index in [4.69, 9.17) is 0 Å². The molecule has 1 aliphatic rings. The number of likely N-dealkylation sites (N-methyl/N-ethyl adjacent to an activating group) is 1. The van der Waals surface area contributed by atoms with Crippen molar-refractivity contribution in [2.45, 2.75) is 266 Å². The second kappa shape index (κ2) is 35.8. The smallest absolute Gasteiger partial charge is 0.246 e. The summed E-state index contributed by atoms with van der Waals surface area (Å²) in [6.07, 6.45) is 8.50. The fourth-order valence-electron chi connectivity index (χ4n) is 9.83. The molecule has 1 rings (SSSR count). The van der Waals surface area contributed by atoms with Crippen molar-refractivity contribution in [1.82, 2.24) is 52.3 Å². The van der Waals surface area contributed by atoms with Crippen molar-refractivity contribution in [2.24, 2.45) is 23.7 Å². The largest absolute Gasteiger partial charge is 0.395 e. The van der Waals surface area contributed by atoms with E-state index in [9.17, 15) is 58.2 Å². The maximum absolute atomic E-state index is 14.3. The van der Waals surface area contributed by atoms with Crippen LogP contribution in [0.5, 0.6) is 0 Å². The molecule has 0 spiro atoms. The van der Waals surface area contributed by atoms with Crippen LogP contribution in [0.2, 0.25) is 0 Å². The minimum atomic E-state index is -1.68. The number of likely N-dealkylation sites (tertiary alicyclic amines) is 1. The molecule has 9 amide bonds. The Labute approximate surface area is 490 Å². The lowest BCUT2D eigenvalue weighted by Gasteiger charge is -2.35. The topological polar surface area (TPSA) is 314 Å². The van der Waals surface area contributed by atoms with Crippen molar-refractivity contribution in [2.75, 3.05) is 33.3 Å². The van der Waals surface area contributed by atoms with Gasteiger partial charge >= 0.3 is 0 Å². The number of rotatable bonds is 39. The summed E-state index contributed by atoms with van der Waals surface area (Å²) < 4.78 is 0. The van der Waals surface area contributed by atoms with Gasteiger partial charge in [0.2, 0.25) is 53.2 Å². The number of aliphatic hydroxyl groups excluding tert-OH is 2. The maximum atomic E-state index is 14.3. The van der Waals surface area contributed by atoms with Crippen LogP contribution in [-0.2, 0) is 47.9 Å². The van der Waals surface area contributed by atoms with Gasteiger partial charge in [0, 0.05) is 44.4 Å². The van der Waals surface area contributed by atoms with Crippen molar-refractivity contribution < 1.29 is 58.2 Å². The van der Waals surface area contributed by atoms with Gasteiger partial charge in [0.25, 0.3) is 0 Å². The zero-order valence-electron chi connectivity index (χ0n) is 53.2. The highest BCUT2D eigenvalue weighted by molar-refractivity contribution is 6.00. The summed E-state index contributed by atoms with van der Waals surface area (Å²) in [6.45, 7) is 28.0. The van der Waals surface area contributed by atoms with Gasteiger partial charge in [0.15, 0.2) is 0 Å². The molecule has 472 valence electrons. The van der Waals surface area contributed by atoms with Gasteiger partial charge in [0.1, 0.15) is 52.6 Å². The molecule has 11 atom stereocenters. The Balaban J connectivity index is 3.27. The van der Waals surface area contributed by atoms with E-state index >= 15 is 0 Å². The number of carbonyl (C=O) groups is 10. The van der Waals surface area contributed by atoms with E-state index in [1.807, 2.05) is 25.7 Å². The molecule has 22 nitrogen and oxygen atoms in total. The van der Waals surface area contributed by atoms with Gasteiger partial charge in [-0.05, 0) is 112 Å². The molecule has 1 fully saturated rings. The molecule has 0 aliphatic carbocycles. The standard InChI is InChI=1S/C60H110N10O12/c1-18-22-23-24-25-26-28-40(8)54(79)70-30-27-29-46(70)51(76)63-45(34-37(5)33-44(73)35-43(72)21-4)50(75)62-42(10)49(74)66-58(11,12)56(81)65-47(38(6)19-2)52(77)64-48(39(7)20-3)53(78)67-60(15,16)57(82)68-59(13,14)55(80)61-41(9)36-69(17)31-32-71/h37-42,44-48,71,73H,18-36H2,1-17H3,(H,61,80)(H,62,75)(H,63,76)(H,64,77)(H,65,81)(H,66,74)(H,67,78)(H,68,82). The number of Topliss-reactive ketones (excluding diaryl/α,β-unsaturated/α-hetero) is 1. The number of ketones is 1. The van der Waals surface area contributed by atoms with Gasteiger partial charge in [0.05, 0.1) is 12.7 Å². The average Bonchev–Trinajstić information content (AvgIpc) is 3.89. The molecule has 1 saturated heterocycles. The van der Waals surface area contributed by atoms with Crippen LogP contribution in [0.25, 0.3) is 0 Å². The van der Waals surface area contributed by atoms with Crippen LogP contribution in [0.3, 0.4) is 0 Å². The molecule has 82 heavy (non-hydrogen) atoms. The molecular weight excluding hydrogens is 1050 g/mol. The molecule has 0 saturated carbocycles. The van der Waals surface area contributed by atoms with Crippen molar-refractivity contribution >= 4 is 58.9 Å². The second-order valence-electron chi connectivity index (χ2n) is 25.1. The molecule has 0 radical (unpaired) electrons. The van der Waals surface area contributed by atoms with Crippen LogP contribution in [0.1, 0.15) is 207 Å². The zero-order valence-corrected chi connectivity index (χ0v) is 53.2. The molecule has 0 aromatic rings. The van der Waals surface area contributed by atoms with Crippen LogP contribution in [0.15, 0.2) is 0 Å². The van der Waals surface area contributed by atoms with Crippen LogP contribution in [0.4, 0.5) is 0 Å². The highest BCUT2D eigenvalue weighted by Gasteiger charge is 2.42. The van der Waals surface area contributed by atoms with Crippen molar-refractivity contribution in [3.05, 3.63) is 0 Å². The van der Waals surface area contributed by atoms with E-state index in [1.54, 1.807) is 46.6 Å². The van der Waals surface area contributed by atoms with Crippen LogP contribution in [-0.4, -0.2) is 171 Å². The summed E-state index contributed by atoms with van der Waals surface area (Å²) in [6, 6.07) is -5.97. The van der Waals surface area contributed by atoms with Crippen molar-refractivity contribution in [3.8, 4) is 0 Å². The van der Waals surface area contributed by atoms with E-state index < -0.39 is 112 Å². The fourth-order valence-corrected chi connectivity index (χ4v) is 9.83. The maximum Gasteiger partial charge on any atom is 0.246 e. The first-order valence-corrected chi connectivity index (χ1v) is 30.4. The molecular formula is C60H110N10O12. The molecule has 0 aromatic carbocycles. The third-order valence-corrected chi connectivity index (χ3v) is 15.8. The highest BCUT2D eigenvalue weighted by atomic mass is 16.3. The molecule has 11 unspecified atom stereocenters. The Kier molecular flexibility index (Phi) is 32.7. The number of carbonyl (C=O) groups excluding carboxylic acids is 10. The Bertz CT molecular complexity index is 2100. The highest BCUT2D eigenvalue weighted by Crippen LogP contribution is 2.25. The van der Waals surface area contributed by atoms with Gasteiger partial charge < -0.3 is 62.5 Å². The number of aliphatic hydroxyl groups is 2. The van der Waals surface area contributed by atoms with Crippen molar-refractivity contribution in [3.63, 3.8) is 0 Å². The third kappa shape index (κ3) is 25.3. The van der Waals surface area contributed by atoms with E-state index in [0.29, 0.717) is 51.7 Å². The van der Waals surface area contributed by atoms with E-state index in [-0.39, 0.29) is 61.9 Å². The monoisotopic (exact) mass is 1160 g/mol. The number of nitrogens with one attached hydrogen (secondary N) is 8. The molecule has 10 N–H and O–H groups in total. The minimum absolute atomic E-state index is 0.0303. The molecule has 1 aliphatic heterocycles. The van der Waals surface area contributed by atoms with Crippen LogP contribution >= 0.6 is 0 Å². The fraction of sp³-hybridized carbons (Fsp3) is 0.833. The molecule has 0 bridgehead atoms. The second-order valence-corrected chi connectivity index (χ2v) is 25.1. The summed E-state index contributed by atoms with van der Waals surface area (Å²) in [5.41, 5.74) is -4.64. The van der Waals surface area contributed by atoms with Gasteiger partial charge in [-0.25, -0.2) is 0 Å². The number of nitrogens with zero attached hydrogens (tertiary/aromatic N) is 2. The Hall–Kier alpha value is -5.22. The predicted octanol–water partition coefficient (Wildman–Crippen LogP) is 3.68. The molecule has 0 aromatic heterocycles. The number of unbranched alkanes of at least 4 members (excludes halogenated alkanes) is 5. The first kappa shape index (κ1) is 74.8. The number of hydrogen-bond donors (Lipinski definition) is 10. The van der Waals surface area contributed by atoms with Gasteiger partial charge in [-0.2, -0.15) is 0 Å². The first-order chi connectivity index (χ1) is 38.1. The summed E-state index contributed by atoms with van der Waals surface area (Å²) in [5.74, 6) is -7.09. The van der Waals surface area contributed by atoms with Crippen molar-refractivity contribution in [1.29, 1.82) is 0 Å². The van der Waals surface area contributed by atoms with Crippen LogP contribution < -0.4 is 42.5 Å². The molecule has 1 heterocycles. The lowest BCUT2D eigenvalue weighted by atomic mass is 9.92. The van der Waals surface area contributed by atoms with E-state index in [2.05, 4.69) is 49.5 Å². The lowest BCUT2D eigenvalue weighted by molar-refractivity contribution is -0.142. The third-order valence-electron chi connectivity index (χ3n) is 15.8. The Morgan fingerprint density at radius 3 is 1.73 bits per heavy atom. The Morgan fingerprint density at radius 2 is 1.16 bits per heavy atom. The normalized spacial score (nSPS) is 17.6. The zero-order chi connectivity index (χ0) is 62.9. The summed E-state index contributed by atoms with van der Waals surface area (Å²) in [4.78, 5) is 141. The summed E-state index contributed by atoms with van der Waals surface area (Å²) >= 11 is 0. The Morgan fingerprint density at radius 1 is 0.622 bits per heavy atom. The SMILES string of the molecule is CCCCCCCCC(C)C(=O)N1CCCC1C(=O)NC(CC(C)CC(O)CC(=O)CC)C(=O)NC(C)C(=O)NC(C)(C)C(=O)NC(C(=O)NC(C(=O)NC(C)(C)C(=O)NC(C)(C)C(=O)NC(C)CN(C)CCO)C(C)CC)C(C)CC. The van der Waals surface area contributed by atoms with E-state index in [1.165, 1.54) is 54.9 Å². The summed E-state index contributed by atoms with van der Waals surface area (Å²) in [5, 5.41) is 42.0. The minimum Gasteiger partial charge on any atom is -0.395 e. The molecule has 22 heteroatoms. The van der Waals surface area contributed by atoms with Gasteiger partial charge in [-0.15, -0.1) is 0 Å². The van der Waals surface area contributed by atoms with Gasteiger partial charge in [-0.1, -0.05) is 107 Å². The van der Waals surface area contributed by atoms with Crippen LogP contribution in [0, 0.1) is 23.7 Å². The first-order valence-electron chi connectivity index (χ1n) is 30.4. The lowest BCUT2D eigenvalue weighted by Crippen LogP contribution is -2.66. The predicted molar refractivity (Wildman–Crippen MR) is 317 cm³/mol. The summed E-state index contributed by atoms with van der Waals surface area (Å²) in [7, 11) is 1.80. The van der Waals surface area contributed by atoms with E-state index in [0.717, 1.165) is 32.1 Å².